The molecule has 1 fully saturated rings. The molecular weight excluding hydrogens is 416 g/mol. The van der Waals surface area contributed by atoms with E-state index < -0.39 is 11.7 Å². The molecular formula is C24H25F2N3OS. The number of nitrogens with one attached hydrogen (secondary N) is 1. The van der Waals surface area contributed by atoms with Gasteiger partial charge in [-0.3, -0.25) is 9.69 Å². The van der Waals surface area contributed by atoms with Crippen LogP contribution in [-0.4, -0.2) is 43.0 Å². The SMILES string of the molecule is C[C@@H](NC(=O)c1ccccc1F)[C@@H](c1cccs1)N1CCN(c2ccccc2F)CC1. The lowest BCUT2D eigenvalue weighted by atomic mass is 10.0. The summed E-state index contributed by atoms with van der Waals surface area (Å²) in [5, 5.41) is 5.00. The number of carbonyl (C=O) groups is 1. The van der Waals surface area contributed by atoms with Crippen LogP contribution in [0.2, 0.25) is 0 Å². The number of piperazine rings is 1. The van der Waals surface area contributed by atoms with Crippen molar-refractivity contribution in [3.8, 4) is 0 Å². The Kier molecular flexibility index (Phi) is 6.63. The van der Waals surface area contributed by atoms with Gasteiger partial charge >= 0.3 is 0 Å². The summed E-state index contributed by atoms with van der Waals surface area (Å²) < 4.78 is 28.2. The minimum Gasteiger partial charge on any atom is -0.367 e. The second-order valence-corrected chi connectivity index (χ2v) is 8.66. The number of anilines is 1. The number of hydrogen-bond donors (Lipinski definition) is 1. The van der Waals surface area contributed by atoms with Crippen LogP contribution in [0.15, 0.2) is 66.0 Å². The summed E-state index contributed by atoms with van der Waals surface area (Å²) in [5.41, 5.74) is 0.666. The summed E-state index contributed by atoms with van der Waals surface area (Å²) >= 11 is 1.64. The van der Waals surface area contributed by atoms with E-state index in [4.69, 9.17) is 0 Å². The minimum atomic E-state index is -0.529. The van der Waals surface area contributed by atoms with Gasteiger partial charge in [0, 0.05) is 37.1 Å². The van der Waals surface area contributed by atoms with E-state index in [-0.39, 0.29) is 23.5 Å². The molecule has 31 heavy (non-hydrogen) atoms. The molecule has 1 N–H and O–H groups in total. The number of para-hydroxylation sites is 1. The highest BCUT2D eigenvalue weighted by Crippen LogP contribution is 2.31. The van der Waals surface area contributed by atoms with Crippen LogP contribution >= 0.6 is 11.3 Å². The fourth-order valence-corrected chi connectivity index (χ4v) is 5.12. The predicted molar refractivity (Wildman–Crippen MR) is 121 cm³/mol. The molecule has 0 unspecified atom stereocenters. The van der Waals surface area contributed by atoms with Gasteiger partial charge in [0.05, 0.1) is 17.3 Å². The third kappa shape index (κ3) is 4.78. The maximum Gasteiger partial charge on any atom is 0.254 e. The molecule has 1 aromatic heterocycles. The number of rotatable bonds is 6. The van der Waals surface area contributed by atoms with Crippen molar-refractivity contribution in [2.75, 3.05) is 31.1 Å². The molecule has 1 aliphatic heterocycles. The first kappa shape index (κ1) is 21.5. The summed E-state index contributed by atoms with van der Waals surface area (Å²) in [6, 6.07) is 16.6. The van der Waals surface area contributed by atoms with Crippen molar-refractivity contribution in [3.63, 3.8) is 0 Å². The lowest BCUT2D eigenvalue weighted by Gasteiger charge is -2.42. The molecule has 0 radical (unpaired) electrons. The van der Waals surface area contributed by atoms with E-state index >= 15 is 0 Å². The van der Waals surface area contributed by atoms with E-state index in [1.54, 1.807) is 35.6 Å². The van der Waals surface area contributed by atoms with Gasteiger partial charge in [-0.15, -0.1) is 11.3 Å². The Morgan fingerprint density at radius 2 is 1.61 bits per heavy atom. The molecule has 1 amide bonds. The average molecular weight is 442 g/mol. The van der Waals surface area contributed by atoms with E-state index in [2.05, 4.69) is 21.2 Å². The molecule has 2 heterocycles. The quantitative estimate of drug-likeness (QED) is 0.602. The van der Waals surface area contributed by atoms with E-state index in [0.717, 1.165) is 18.0 Å². The second-order valence-electron chi connectivity index (χ2n) is 7.68. The molecule has 3 aromatic rings. The van der Waals surface area contributed by atoms with E-state index in [9.17, 15) is 13.6 Å². The first-order valence-corrected chi connectivity index (χ1v) is 11.2. The van der Waals surface area contributed by atoms with Crippen molar-refractivity contribution in [2.45, 2.75) is 19.0 Å². The van der Waals surface area contributed by atoms with Gasteiger partial charge in [-0.25, -0.2) is 8.78 Å². The number of amides is 1. The fourth-order valence-electron chi connectivity index (χ4n) is 4.16. The lowest BCUT2D eigenvalue weighted by molar-refractivity contribution is 0.0886. The highest BCUT2D eigenvalue weighted by atomic mass is 32.1. The smallest absolute Gasteiger partial charge is 0.254 e. The summed E-state index contributed by atoms with van der Waals surface area (Å²) in [7, 11) is 0. The van der Waals surface area contributed by atoms with Gasteiger partial charge in [0.25, 0.3) is 5.91 Å². The fraction of sp³-hybridized carbons (Fsp3) is 0.292. The largest absolute Gasteiger partial charge is 0.367 e. The Morgan fingerprint density at radius 1 is 0.935 bits per heavy atom. The van der Waals surface area contributed by atoms with E-state index in [1.807, 2.05) is 24.4 Å². The van der Waals surface area contributed by atoms with E-state index in [1.165, 1.54) is 18.2 Å². The Bertz CT molecular complexity index is 1020. The summed E-state index contributed by atoms with van der Waals surface area (Å²) in [6.07, 6.45) is 0. The Hall–Kier alpha value is -2.77. The highest BCUT2D eigenvalue weighted by Gasteiger charge is 2.31. The lowest BCUT2D eigenvalue weighted by Crippen LogP contribution is -2.52. The van der Waals surface area contributed by atoms with Crippen LogP contribution in [-0.2, 0) is 0 Å². The number of halogens is 2. The van der Waals surface area contributed by atoms with Gasteiger partial charge in [-0.2, -0.15) is 0 Å². The number of nitrogens with zero attached hydrogens (tertiary/aromatic N) is 2. The van der Waals surface area contributed by atoms with Crippen molar-refractivity contribution < 1.29 is 13.6 Å². The van der Waals surface area contributed by atoms with E-state index in [0.29, 0.717) is 18.8 Å². The van der Waals surface area contributed by atoms with Gasteiger partial charge in [0.15, 0.2) is 0 Å². The zero-order valence-corrected chi connectivity index (χ0v) is 18.1. The molecule has 0 spiro atoms. The van der Waals surface area contributed by atoms with Crippen molar-refractivity contribution in [1.29, 1.82) is 0 Å². The molecule has 2 atom stereocenters. The summed E-state index contributed by atoms with van der Waals surface area (Å²) in [5.74, 6) is -1.16. The van der Waals surface area contributed by atoms with Gasteiger partial charge in [0.2, 0.25) is 0 Å². The first-order chi connectivity index (χ1) is 15.0. The Balaban J connectivity index is 1.48. The predicted octanol–water partition coefficient (Wildman–Crippen LogP) is 4.71. The van der Waals surface area contributed by atoms with Gasteiger partial charge in [0.1, 0.15) is 11.6 Å². The van der Waals surface area contributed by atoms with Crippen molar-refractivity contribution in [3.05, 3.63) is 88.1 Å². The standard InChI is InChI=1S/C24H25F2N3OS/c1-17(27-24(30)18-7-2-3-8-19(18)25)23(22-11-6-16-31-22)29-14-12-28(13-15-29)21-10-5-4-9-20(21)26/h2-11,16-17,23H,12-15H2,1H3,(H,27,30)/t17-,23+/m1/s1. The molecule has 162 valence electrons. The molecule has 7 heteroatoms. The molecule has 1 saturated heterocycles. The highest BCUT2D eigenvalue weighted by molar-refractivity contribution is 7.10. The van der Waals surface area contributed by atoms with Crippen LogP contribution in [0.5, 0.6) is 0 Å². The topological polar surface area (TPSA) is 35.6 Å². The third-order valence-electron chi connectivity index (χ3n) is 5.69. The normalized spacial score (nSPS) is 16.7. The van der Waals surface area contributed by atoms with Gasteiger partial charge in [-0.05, 0) is 42.6 Å². The number of benzene rings is 2. The molecule has 0 saturated carbocycles. The van der Waals surface area contributed by atoms with Crippen LogP contribution in [0, 0.1) is 11.6 Å². The zero-order valence-electron chi connectivity index (χ0n) is 17.3. The van der Waals surface area contributed by atoms with Crippen LogP contribution in [0.25, 0.3) is 0 Å². The molecule has 2 aromatic carbocycles. The molecule has 4 nitrogen and oxygen atoms in total. The van der Waals surface area contributed by atoms with Crippen LogP contribution < -0.4 is 10.2 Å². The first-order valence-electron chi connectivity index (χ1n) is 10.4. The monoisotopic (exact) mass is 441 g/mol. The Labute approximate surface area is 185 Å². The van der Waals surface area contributed by atoms with Crippen molar-refractivity contribution >= 4 is 22.9 Å². The molecule has 0 aliphatic carbocycles. The summed E-state index contributed by atoms with van der Waals surface area (Å²) in [4.78, 5) is 18.2. The van der Waals surface area contributed by atoms with Gasteiger partial charge < -0.3 is 10.2 Å². The zero-order chi connectivity index (χ0) is 21.8. The molecule has 1 aliphatic rings. The number of thiophene rings is 1. The van der Waals surface area contributed by atoms with Gasteiger partial charge in [-0.1, -0.05) is 30.3 Å². The minimum absolute atomic E-state index is 0.0431. The summed E-state index contributed by atoms with van der Waals surface area (Å²) in [6.45, 7) is 4.80. The maximum absolute atomic E-state index is 14.2. The molecule has 0 bridgehead atoms. The number of hydrogen-bond acceptors (Lipinski definition) is 4. The van der Waals surface area contributed by atoms with Crippen molar-refractivity contribution in [2.24, 2.45) is 0 Å². The Morgan fingerprint density at radius 3 is 2.26 bits per heavy atom. The third-order valence-corrected chi connectivity index (χ3v) is 6.63. The van der Waals surface area contributed by atoms with Crippen molar-refractivity contribution in [1.82, 2.24) is 10.2 Å². The molecule has 4 rings (SSSR count). The average Bonchev–Trinajstić information content (AvgIpc) is 3.29. The second kappa shape index (κ2) is 9.58. The van der Waals surface area contributed by atoms with Crippen LogP contribution in [0.1, 0.15) is 28.2 Å². The number of carbonyl (C=O) groups excluding carboxylic acids is 1. The van der Waals surface area contributed by atoms with Crippen LogP contribution in [0.3, 0.4) is 0 Å². The maximum atomic E-state index is 14.2. The van der Waals surface area contributed by atoms with Crippen LogP contribution in [0.4, 0.5) is 14.5 Å².